The summed E-state index contributed by atoms with van der Waals surface area (Å²) in [6.07, 6.45) is 13.4. The number of hydrogen-bond acceptors (Lipinski definition) is 26. The van der Waals surface area contributed by atoms with Crippen molar-refractivity contribution in [2.75, 3.05) is 112 Å². The summed E-state index contributed by atoms with van der Waals surface area (Å²) in [7, 11) is 0. The highest BCUT2D eigenvalue weighted by atomic mass is 35.5. The largest absolute Gasteiger partial charge is 0.493 e. The molecule has 26 nitrogen and oxygen atoms in total. The first kappa shape index (κ1) is 99.9. The molecule has 0 saturated carbocycles. The maximum Gasteiger partial charge on any atom is 0.283 e. The highest BCUT2D eigenvalue weighted by Gasteiger charge is 2.31. The van der Waals surface area contributed by atoms with Crippen molar-refractivity contribution in [2.45, 2.75) is 200 Å². The van der Waals surface area contributed by atoms with E-state index in [1.165, 1.54) is 69.8 Å². The molecular formula is C116H130Cl2N12O14. The van der Waals surface area contributed by atoms with Gasteiger partial charge in [-0.1, -0.05) is 183 Å². The third kappa shape index (κ3) is 24.5. The molecule has 17 aromatic rings. The molecule has 0 amide bonds. The maximum atomic E-state index is 6.21. The van der Waals surface area contributed by atoms with Crippen molar-refractivity contribution in [3.05, 3.63) is 261 Å². The van der Waals surface area contributed by atoms with Crippen molar-refractivity contribution < 1.29 is 63.8 Å². The number of likely N-dealkylation sites (tertiary alicyclic amines) is 4. The second kappa shape index (κ2) is 46.1. The fraction of sp³-hybridized carbons (Fsp3) is 0.414. The van der Waals surface area contributed by atoms with E-state index in [0.29, 0.717) is 137 Å². The Labute approximate surface area is 850 Å². The quantitative estimate of drug-likeness (QED) is 0.0365. The zero-order valence-corrected chi connectivity index (χ0v) is 85.9. The second-order valence-electron chi connectivity index (χ2n) is 40.6. The fourth-order valence-electron chi connectivity index (χ4n) is 19.6. The zero-order chi connectivity index (χ0) is 99.3. The lowest BCUT2D eigenvalue weighted by Gasteiger charge is -2.32. The van der Waals surface area contributed by atoms with E-state index >= 15 is 0 Å². The van der Waals surface area contributed by atoms with Crippen molar-refractivity contribution in [3.63, 3.8) is 0 Å². The Morgan fingerprint density at radius 1 is 0.319 bits per heavy atom. The lowest BCUT2D eigenvalue weighted by Crippen LogP contribution is -2.34. The molecular weight excluding hydrogens is 1860 g/mol. The molecule has 22 rings (SSSR count). The number of aromatic nitrogens is 8. The number of benzene rings is 9. The molecule has 4 fully saturated rings. The van der Waals surface area contributed by atoms with Crippen molar-refractivity contribution in [3.8, 4) is 81.1 Å². The maximum absolute atomic E-state index is 6.21. The average Bonchev–Trinajstić information content (AvgIpc) is 1.63. The molecule has 28 heteroatoms. The molecule has 752 valence electrons. The molecule has 0 unspecified atom stereocenters. The first-order chi connectivity index (χ1) is 70.0. The molecule has 144 heavy (non-hydrogen) atoms. The van der Waals surface area contributed by atoms with Gasteiger partial charge in [0.2, 0.25) is 30.4 Å². The van der Waals surface area contributed by atoms with Gasteiger partial charge in [-0.15, -0.1) is 40.8 Å². The monoisotopic (exact) mass is 1980 g/mol. The van der Waals surface area contributed by atoms with Crippen LogP contribution in [0.25, 0.3) is 101 Å². The normalized spacial score (nSPS) is 15.6. The van der Waals surface area contributed by atoms with Gasteiger partial charge < -0.3 is 83.4 Å². The standard InChI is InChI=1S/C31H33N3O3.C30H37N3O3.C28H31N3O5.C27H29Cl2N3O3/c1-21(2)30-32-33-31(37-30)29-20-26-27(9-5-10-28(26)36-29)35-18-6-15-34-16-13-23(14-17-34)25-12-11-22-7-3-4-8-24(22)19-25;1-20-10-11-23(18-21(20)2)22-12-15-33(16-13-22)14-7-17-34-25-8-6-9-26-24(25)19-27(35-26)28-31-32-29(36-28)30(3,4)5;1-18(2)27-29-30-28(36-27)26-16-21-22(5-3-6-23(21)35-26)32-14-4-11-31-12-9-19(10-13-31)20-7-8-24-25(15-20)34-17-33-24;1-17(2)26-30-31-27(35-26)25-16-20-23(5-3-6-24(20)34-25)33-14-4-11-32-12-9-18(10-13-32)19-7-8-21(28)22(29)15-19/h3-5,7-12,19-21,23H,6,13-18H2,1-2H3;6,8-11,18-19,22H,7,12-17H2,1-5H3;3,5-8,15-16,18-19H,4,9-14,17H2,1-2H3;3,5-8,15-18H,4,9-14H2,1-2H3. The minimum absolute atomic E-state index is 0.168. The third-order valence-electron chi connectivity index (χ3n) is 28.2. The first-order valence-electron chi connectivity index (χ1n) is 51.3. The van der Waals surface area contributed by atoms with Gasteiger partial charge in [-0.2, -0.15) is 0 Å². The molecule has 13 heterocycles. The molecule has 5 aliphatic rings. The summed E-state index contributed by atoms with van der Waals surface area (Å²) in [6, 6.07) is 66.1. The van der Waals surface area contributed by atoms with Gasteiger partial charge in [0.05, 0.1) is 58.0 Å². The minimum Gasteiger partial charge on any atom is -0.493 e. The lowest BCUT2D eigenvalue weighted by molar-refractivity contribution is 0.173. The van der Waals surface area contributed by atoms with Crippen LogP contribution in [0.5, 0.6) is 34.5 Å². The van der Waals surface area contributed by atoms with Crippen molar-refractivity contribution in [2.24, 2.45) is 0 Å². The predicted octanol–water partition coefficient (Wildman–Crippen LogP) is 28.0. The third-order valence-corrected chi connectivity index (χ3v) is 28.9. The summed E-state index contributed by atoms with van der Waals surface area (Å²) in [5, 5.41) is 40.7. The molecule has 0 radical (unpaired) electrons. The molecule has 0 bridgehead atoms. The number of hydrogen-bond donors (Lipinski definition) is 0. The van der Waals surface area contributed by atoms with Gasteiger partial charge in [0.1, 0.15) is 45.3 Å². The number of piperidine rings is 4. The van der Waals surface area contributed by atoms with Crippen LogP contribution in [0.15, 0.2) is 229 Å². The van der Waals surface area contributed by atoms with Crippen LogP contribution in [-0.4, -0.2) is 172 Å². The van der Waals surface area contributed by atoms with E-state index in [1.807, 2.05) is 178 Å². The Hall–Kier alpha value is -12.8. The highest BCUT2D eigenvalue weighted by Crippen LogP contribution is 2.44. The molecule has 5 aliphatic heterocycles. The topological polar surface area (TPSA) is 277 Å². The summed E-state index contributed by atoms with van der Waals surface area (Å²) in [5.41, 5.74) is 11.2. The number of rotatable bonds is 31. The van der Waals surface area contributed by atoms with Gasteiger partial charge in [0.25, 0.3) is 23.6 Å². The SMILES string of the molecule is CC(C)c1nnc(-c2cc3c(OCCCN4CCC(c5ccc(Cl)c(Cl)c5)CC4)cccc3o2)o1.CC(C)c1nnc(-c2cc3c(OCCCN4CCC(c5ccc6c(c5)OCO6)CC4)cccc3o2)o1.CC(C)c1nnc(-c2cc3c(OCCCN4CCC(c5ccc6ccccc6c5)CC4)cccc3o2)o1.Cc1ccc(C2CCN(CCCOc3cccc4oc(-c5nnc(C(C)(C)C)o5)cc34)CC2)cc1C. The average molecular weight is 1990 g/mol. The summed E-state index contributed by atoms with van der Waals surface area (Å²) in [6.45, 7) is 38.7. The van der Waals surface area contributed by atoms with Crippen LogP contribution in [0, 0.1) is 13.8 Å². The molecule has 0 atom stereocenters. The van der Waals surface area contributed by atoms with E-state index in [-0.39, 0.29) is 23.2 Å². The summed E-state index contributed by atoms with van der Waals surface area (Å²) in [5.74, 6) is 14.2. The van der Waals surface area contributed by atoms with Crippen molar-refractivity contribution >= 4 is 77.9 Å². The Kier molecular flexibility index (Phi) is 31.9. The van der Waals surface area contributed by atoms with Crippen LogP contribution in [0.1, 0.15) is 238 Å². The van der Waals surface area contributed by atoms with Gasteiger partial charge in [-0.05, 0) is 284 Å². The predicted molar refractivity (Wildman–Crippen MR) is 562 cm³/mol. The number of halogens is 2. The van der Waals surface area contributed by atoms with Gasteiger partial charge in [0.15, 0.2) is 34.5 Å². The van der Waals surface area contributed by atoms with E-state index in [2.05, 4.69) is 153 Å². The number of fused-ring (bicyclic) bond motifs is 6. The van der Waals surface area contributed by atoms with Crippen molar-refractivity contribution in [1.29, 1.82) is 0 Å². The van der Waals surface area contributed by atoms with Crippen LogP contribution in [0.3, 0.4) is 0 Å². The minimum atomic E-state index is -0.208. The Morgan fingerprint density at radius 2 is 0.660 bits per heavy atom. The number of furan rings is 4. The van der Waals surface area contributed by atoms with E-state index in [1.54, 1.807) is 0 Å². The molecule has 0 N–H and O–H groups in total. The molecule has 0 aliphatic carbocycles. The van der Waals surface area contributed by atoms with Crippen LogP contribution >= 0.6 is 23.2 Å². The molecule has 0 spiro atoms. The van der Waals surface area contributed by atoms with Crippen LogP contribution in [-0.2, 0) is 5.41 Å². The molecule has 8 aromatic heterocycles. The van der Waals surface area contributed by atoms with Crippen LogP contribution in [0.4, 0.5) is 0 Å². The number of aryl methyl sites for hydroxylation is 2. The van der Waals surface area contributed by atoms with Gasteiger partial charge in [-0.25, -0.2) is 0 Å². The van der Waals surface area contributed by atoms with E-state index in [4.69, 9.17) is 87.0 Å². The smallest absolute Gasteiger partial charge is 0.283 e. The van der Waals surface area contributed by atoms with E-state index in [9.17, 15) is 0 Å². The van der Waals surface area contributed by atoms with Crippen molar-refractivity contribution in [1.82, 2.24) is 60.4 Å². The highest BCUT2D eigenvalue weighted by molar-refractivity contribution is 6.42. The first-order valence-corrected chi connectivity index (χ1v) is 52.1. The van der Waals surface area contributed by atoms with Gasteiger partial charge in [-0.3, -0.25) is 0 Å². The summed E-state index contributed by atoms with van der Waals surface area (Å²) in [4.78, 5) is 10.2. The fourth-order valence-corrected chi connectivity index (χ4v) is 20.0. The number of ether oxygens (including phenoxy) is 6. The summed E-state index contributed by atoms with van der Waals surface area (Å²) < 4.78 is 82.6. The van der Waals surface area contributed by atoms with Crippen LogP contribution < -0.4 is 28.4 Å². The van der Waals surface area contributed by atoms with Crippen LogP contribution in [0.2, 0.25) is 10.0 Å². The van der Waals surface area contributed by atoms with E-state index in [0.717, 1.165) is 208 Å². The van der Waals surface area contributed by atoms with Gasteiger partial charge >= 0.3 is 0 Å². The van der Waals surface area contributed by atoms with E-state index < -0.39 is 0 Å². The second-order valence-corrected chi connectivity index (χ2v) is 41.4. The molecule has 4 saturated heterocycles. The summed E-state index contributed by atoms with van der Waals surface area (Å²) >= 11 is 12.3. The zero-order valence-electron chi connectivity index (χ0n) is 84.4. The number of nitrogens with zero attached hydrogens (tertiary/aromatic N) is 12. The lowest BCUT2D eigenvalue weighted by atomic mass is 9.88. The Balaban J connectivity index is 0.000000122. The van der Waals surface area contributed by atoms with Gasteiger partial charge in [0, 0.05) is 73.6 Å². The molecule has 9 aromatic carbocycles. The Morgan fingerprint density at radius 3 is 1.03 bits per heavy atom. The Bertz CT molecular complexity index is 7130.